The molecule has 3 aromatic carbocycles. The number of pyridine rings is 1. The Morgan fingerprint density at radius 1 is 0.944 bits per heavy atom. The molecule has 0 aliphatic carbocycles. The molecule has 0 atom stereocenters. The lowest BCUT2D eigenvalue weighted by Gasteiger charge is -2.14. The van der Waals surface area contributed by atoms with Crippen LogP contribution in [-0.2, 0) is 12.6 Å². The van der Waals surface area contributed by atoms with Gasteiger partial charge in [0.2, 0.25) is 0 Å². The smallest absolute Gasteiger partial charge is 0.416 e. The first-order chi connectivity index (χ1) is 17.2. The van der Waals surface area contributed by atoms with Gasteiger partial charge in [-0.15, -0.1) is 0 Å². The molecular weight excluding hydrogens is 478 g/mol. The SMILES string of the molecule is CCc1ccc(NC(=O)Nc2ccc(Oc3ccnc4cc(F)c(OC)cc34)cc2)cc1C(F)(F)F. The third-order valence-electron chi connectivity index (χ3n) is 5.37. The number of halogens is 4. The molecule has 0 radical (unpaired) electrons. The van der Waals surface area contributed by atoms with Gasteiger partial charge in [-0.1, -0.05) is 13.0 Å². The van der Waals surface area contributed by atoms with Crippen LogP contribution in [-0.4, -0.2) is 18.1 Å². The van der Waals surface area contributed by atoms with Crippen molar-refractivity contribution < 1.29 is 31.8 Å². The lowest BCUT2D eigenvalue weighted by atomic mass is 10.0. The van der Waals surface area contributed by atoms with Crippen LogP contribution in [0.5, 0.6) is 17.2 Å². The second kappa shape index (κ2) is 10.1. The van der Waals surface area contributed by atoms with E-state index in [1.807, 2.05) is 0 Å². The summed E-state index contributed by atoms with van der Waals surface area (Å²) in [5, 5.41) is 5.52. The number of rotatable bonds is 6. The number of ether oxygens (including phenoxy) is 2. The summed E-state index contributed by atoms with van der Waals surface area (Å²) < 4.78 is 64.7. The van der Waals surface area contributed by atoms with Gasteiger partial charge in [0.1, 0.15) is 11.5 Å². The molecule has 0 saturated carbocycles. The second-order valence-corrected chi connectivity index (χ2v) is 7.74. The fourth-order valence-electron chi connectivity index (χ4n) is 3.62. The fourth-order valence-corrected chi connectivity index (χ4v) is 3.62. The third kappa shape index (κ3) is 5.48. The Morgan fingerprint density at radius 3 is 2.31 bits per heavy atom. The standard InChI is InChI=1S/C26H21F4N3O3/c1-3-15-4-5-17(12-20(15)26(28,29)30)33-25(34)32-16-6-8-18(9-7-16)36-23-10-11-31-22-14-21(27)24(35-2)13-19(22)23/h4-14H,3H2,1-2H3,(H2,32,33,34). The van der Waals surface area contributed by atoms with Crippen LogP contribution in [0.4, 0.5) is 33.7 Å². The molecule has 0 spiro atoms. The van der Waals surface area contributed by atoms with Crippen molar-refractivity contribution in [3.63, 3.8) is 0 Å². The fraction of sp³-hybridized carbons (Fsp3) is 0.154. The maximum atomic E-state index is 14.0. The van der Waals surface area contributed by atoms with Gasteiger partial charge in [0, 0.05) is 29.0 Å². The van der Waals surface area contributed by atoms with E-state index < -0.39 is 23.6 Å². The number of methoxy groups -OCH3 is 1. The zero-order valence-electron chi connectivity index (χ0n) is 19.2. The van der Waals surface area contributed by atoms with Crippen LogP contribution in [0.25, 0.3) is 10.9 Å². The number of fused-ring (bicyclic) bond motifs is 1. The molecule has 0 aliphatic rings. The molecular formula is C26H21F4N3O3. The Bertz CT molecular complexity index is 1410. The highest BCUT2D eigenvalue weighted by Gasteiger charge is 2.33. The molecule has 1 aromatic heterocycles. The van der Waals surface area contributed by atoms with Crippen molar-refractivity contribution in [1.29, 1.82) is 0 Å². The van der Waals surface area contributed by atoms with Crippen molar-refractivity contribution in [2.24, 2.45) is 0 Å². The molecule has 1 heterocycles. The maximum absolute atomic E-state index is 14.0. The largest absolute Gasteiger partial charge is 0.494 e. The van der Waals surface area contributed by atoms with Gasteiger partial charge in [0.25, 0.3) is 0 Å². The number of anilines is 2. The number of hydrogen-bond acceptors (Lipinski definition) is 4. The number of carbonyl (C=O) groups excluding carboxylic acids is 1. The molecule has 0 fully saturated rings. The number of urea groups is 1. The Morgan fingerprint density at radius 2 is 1.64 bits per heavy atom. The van der Waals surface area contributed by atoms with Crippen molar-refractivity contribution in [3.8, 4) is 17.2 Å². The summed E-state index contributed by atoms with van der Waals surface area (Å²) in [4.78, 5) is 16.5. The second-order valence-electron chi connectivity index (χ2n) is 7.74. The van der Waals surface area contributed by atoms with Crippen molar-refractivity contribution >= 4 is 28.3 Å². The Hall–Kier alpha value is -4.34. The van der Waals surface area contributed by atoms with Crippen LogP contribution >= 0.6 is 0 Å². The molecule has 186 valence electrons. The van der Waals surface area contributed by atoms with E-state index in [2.05, 4.69) is 15.6 Å². The minimum atomic E-state index is -4.52. The van der Waals surface area contributed by atoms with Crippen molar-refractivity contribution in [1.82, 2.24) is 4.98 Å². The summed E-state index contributed by atoms with van der Waals surface area (Å²) in [5.74, 6) is 0.367. The lowest BCUT2D eigenvalue weighted by molar-refractivity contribution is -0.138. The normalized spacial score (nSPS) is 11.3. The van der Waals surface area contributed by atoms with Gasteiger partial charge in [-0.2, -0.15) is 13.2 Å². The van der Waals surface area contributed by atoms with Gasteiger partial charge >= 0.3 is 12.2 Å². The highest BCUT2D eigenvalue weighted by molar-refractivity contribution is 5.99. The Labute approximate surface area is 203 Å². The van der Waals surface area contributed by atoms with E-state index in [1.165, 1.54) is 37.6 Å². The number of nitrogens with zero attached hydrogens (tertiary/aromatic N) is 1. The monoisotopic (exact) mass is 499 g/mol. The highest BCUT2D eigenvalue weighted by Crippen LogP contribution is 2.35. The summed E-state index contributed by atoms with van der Waals surface area (Å²) in [6, 6.07) is 13.7. The van der Waals surface area contributed by atoms with Gasteiger partial charge < -0.3 is 20.1 Å². The molecule has 10 heteroatoms. The van der Waals surface area contributed by atoms with E-state index in [1.54, 1.807) is 37.3 Å². The van der Waals surface area contributed by atoms with E-state index in [4.69, 9.17) is 9.47 Å². The van der Waals surface area contributed by atoms with Crippen molar-refractivity contribution in [2.75, 3.05) is 17.7 Å². The topological polar surface area (TPSA) is 72.5 Å². The van der Waals surface area contributed by atoms with E-state index in [-0.39, 0.29) is 23.4 Å². The highest BCUT2D eigenvalue weighted by atomic mass is 19.4. The number of alkyl halides is 3. The van der Waals surface area contributed by atoms with Crippen LogP contribution in [0, 0.1) is 5.82 Å². The first-order valence-electron chi connectivity index (χ1n) is 10.9. The molecule has 0 saturated heterocycles. The lowest BCUT2D eigenvalue weighted by Crippen LogP contribution is -2.20. The van der Waals surface area contributed by atoms with Crippen LogP contribution in [0.2, 0.25) is 0 Å². The molecule has 0 aliphatic heterocycles. The Kier molecular flexibility index (Phi) is 6.96. The van der Waals surface area contributed by atoms with Gasteiger partial charge in [-0.3, -0.25) is 4.98 Å². The zero-order valence-corrected chi connectivity index (χ0v) is 19.2. The van der Waals surface area contributed by atoms with E-state index in [9.17, 15) is 22.4 Å². The predicted molar refractivity (Wildman–Crippen MR) is 128 cm³/mol. The van der Waals surface area contributed by atoms with Crippen molar-refractivity contribution in [3.05, 3.63) is 83.8 Å². The van der Waals surface area contributed by atoms with E-state index >= 15 is 0 Å². The van der Waals surface area contributed by atoms with Crippen LogP contribution < -0.4 is 20.1 Å². The zero-order chi connectivity index (χ0) is 25.9. The first-order valence-corrected chi connectivity index (χ1v) is 10.9. The van der Waals surface area contributed by atoms with Gasteiger partial charge in [-0.25, -0.2) is 9.18 Å². The minimum absolute atomic E-state index is 0.0217. The minimum Gasteiger partial charge on any atom is -0.494 e. The number of nitrogens with one attached hydrogen (secondary N) is 2. The summed E-state index contributed by atoms with van der Waals surface area (Å²) in [5.41, 5.74) is 0.169. The molecule has 6 nitrogen and oxygen atoms in total. The van der Waals surface area contributed by atoms with Gasteiger partial charge in [-0.05, 0) is 60.5 Å². The average Bonchev–Trinajstić information content (AvgIpc) is 2.84. The van der Waals surface area contributed by atoms with Gasteiger partial charge in [0.15, 0.2) is 11.6 Å². The quantitative estimate of drug-likeness (QED) is 0.271. The Balaban J connectivity index is 1.45. The molecule has 2 N–H and O–H groups in total. The molecule has 0 unspecified atom stereocenters. The number of carbonyl (C=O) groups is 1. The summed E-state index contributed by atoms with van der Waals surface area (Å²) >= 11 is 0. The number of amides is 2. The molecule has 0 bridgehead atoms. The molecule has 4 aromatic rings. The molecule has 4 rings (SSSR count). The number of benzene rings is 3. The number of hydrogen-bond donors (Lipinski definition) is 2. The predicted octanol–water partition coefficient (Wildman–Crippen LogP) is 7.40. The van der Waals surface area contributed by atoms with E-state index in [0.29, 0.717) is 28.1 Å². The first kappa shape index (κ1) is 24.8. The van der Waals surface area contributed by atoms with Gasteiger partial charge in [0.05, 0.1) is 18.2 Å². The number of aromatic nitrogens is 1. The van der Waals surface area contributed by atoms with Crippen LogP contribution in [0.3, 0.4) is 0 Å². The molecule has 36 heavy (non-hydrogen) atoms. The number of aryl methyl sites for hydroxylation is 1. The third-order valence-corrected chi connectivity index (χ3v) is 5.37. The summed E-state index contributed by atoms with van der Waals surface area (Å²) in [7, 11) is 1.36. The van der Waals surface area contributed by atoms with Crippen LogP contribution in [0.1, 0.15) is 18.1 Å². The maximum Gasteiger partial charge on any atom is 0.416 e. The van der Waals surface area contributed by atoms with Crippen LogP contribution in [0.15, 0.2) is 66.9 Å². The van der Waals surface area contributed by atoms with Crippen molar-refractivity contribution in [2.45, 2.75) is 19.5 Å². The summed E-state index contributed by atoms with van der Waals surface area (Å²) in [6.07, 6.45) is -2.81. The average molecular weight is 499 g/mol. The summed E-state index contributed by atoms with van der Waals surface area (Å²) in [6.45, 7) is 1.63. The molecule has 2 amide bonds. The van der Waals surface area contributed by atoms with E-state index in [0.717, 1.165) is 6.07 Å².